The number of nitrogens with two attached hydrogens (primary N) is 1. The predicted octanol–water partition coefficient (Wildman–Crippen LogP) is -0.918. The van der Waals surface area contributed by atoms with Gasteiger partial charge in [0.2, 0.25) is 0 Å². The average molecular weight is 209 g/mol. The standard InChI is InChI=1S/C10H19N5/c11-9-2-1-3-13-10(8-14-9)15-6-4-12-5-7-15/h2,8,10,12-13H,1,3-7,11H2/b9-2-,14-8-. The molecule has 0 radical (unpaired) electrons. The minimum absolute atomic E-state index is 0.236. The quantitative estimate of drug-likeness (QED) is 0.523. The van der Waals surface area contributed by atoms with E-state index in [-0.39, 0.29) is 6.17 Å². The molecular formula is C10H19N5. The van der Waals surface area contributed by atoms with Crippen LogP contribution < -0.4 is 16.4 Å². The molecule has 0 saturated carbocycles. The average Bonchev–Trinajstić information content (AvgIpc) is 2.25. The van der Waals surface area contributed by atoms with Crippen LogP contribution in [0.4, 0.5) is 0 Å². The Balaban J connectivity index is 1.97. The van der Waals surface area contributed by atoms with Gasteiger partial charge in [-0.05, 0) is 12.5 Å². The van der Waals surface area contributed by atoms with E-state index in [9.17, 15) is 0 Å². The molecule has 2 aliphatic rings. The monoisotopic (exact) mass is 209 g/mol. The first kappa shape index (κ1) is 10.6. The third kappa shape index (κ3) is 3.02. The van der Waals surface area contributed by atoms with Gasteiger partial charge in [-0.25, -0.2) is 4.99 Å². The van der Waals surface area contributed by atoms with Crippen LogP contribution in [0.5, 0.6) is 0 Å². The Labute approximate surface area is 90.4 Å². The van der Waals surface area contributed by atoms with Gasteiger partial charge in [-0.15, -0.1) is 0 Å². The molecule has 4 N–H and O–H groups in total. The number of nitrogens with zero attached hydrogens (tertiary/aromatic N) is 2. The highest BCUT2D eigenvalue weighted by molar-refractivity contribution is 5.65. The van der Waals surface area contributed by atoms with Crippen molar-refractivity contribution in [3.63, 3.8) is 0 Å². The minimum Gasteiger partial charge on any atom is -0.384 e. The van der Waals surface area contributed by atoms with E-state index in [1.54, 1.807) is 0 Å². The molecule has 0 aliphatic carbocycles. The summed E-state index contributed by atoms with van der Waals surface area (Å²) >= 11 is 0. The number of aliphatic imine (C=N–C) groups is 1. The van der Waals surface area contributed by atoms with Gasteiger partial charge >= 0.3 is 0 Å². The molecule has 1 unspecified atom stereocenters. The van der Waals surface area contributed by atoms with Crippen molar-refractivity contribution in [2.45, 2.75) is 12.6 Å². The van der Waals surface area contributed by atoms with Crippen molar-refractivity contribution in [2.75, 3.05) is 32.7 Å². The summed E-state index contributed by atoms with van der Waals surface area (Å²) < 4.78 is 0. The summed E-state index contributed by atoms with van der Waals surface area (Å²) in [5.74, 6) is 0.636. The van der Waals surface area contributed by atoms with Gasteiger partial charge < -0.3 is 11.1 Å². The molecule has 1 saturated heterocycles. The van der Waals surface area contributed by atoms with Gasteiger partial charge in [0.15, 0.2) is 0 Å². The zero-order valence-electron chi connectivity index (χ0n) is 8.95. The Kier molecular flexibility index (Phi) is 3.71. The summed E-state index contributed by atoms with van der Waals surface area (Å²) in [4.78, 5) is 6.62. The van der Waals surface area contributed by atoms with Crippen LogP contribution in [-0.4, -0.2) is 50.0 Å². The molecule has 5 heteroatoms. The first-order chi connectivity index (χ1) is 7.36. The van der Waals surface area contributed by atoms with Crippen LogP contribution in [0.2, 0.25) is 0 Å². The largest absolute Gasteiger partial charge is 0.384 e. The van der Waals surface area contributed by atoms with E-state index in [0.717, 1.165) is 39.1 Å². The van der Waals surface area contributed by atoms with Crippen molar-refractivity contribution in [1.82, 2.24) is 15.5 Å². The molecule has 15 heavy (non-hydrogen) atoms. The molecular weight excluding hydrogens is 190 g/mol. The lowest BCUT2D eigenvalue weighted by Crippen LogP contribution is -2.54. The third-order valence-corrected chi connectivity index (χ3v) is 2.76. The Morgan fingerprint density at radius 1 is 1.33 bits per heavy atom. The van der Waals surface area contributed by atoms with Crippen molar-refractivity contribution >= 4 is 6.21 Å². The minimum atomic E-state index is 0.236. The molecule has 0 spiro atoms. The fraction of sp³-hybridized carbons (Fsp3) is 0.700. The van der Waals surface area contributed by atoms with E-state index >= 15 is 0 Å². The topological polar surface area (TPSA) is 65.7 Å². The summed E-state index contributed by atoms with van der Waals surface area (Å²) in [6.45, 7) is 5.19. The van der Waals surface area contributed by atoms with Gasteiger partial charge in [0.25, 0.3) is 0 Å². The van der Waals surface area contributed by atoms with E-state index < -0.39 is 0 Å². The van der Waals surface area contributed by atoms with Gasteiger partial charge in [-0.2, -0.15) is 0 Å². The van der Waals surface area contributed by atoms with E-state index in [0.29, 0.717) is 5.82 Å². The third-order valence-electron chi connectivity index (χ3n) is 2.76. The molecule has 0 bridgehead atoms. The van der Waals surface area contributed by atoms with Crippen molar-refractivity contribution in [1.29, 1.82) is 0 Å². The molecule has 2 aliphatic heterocycles. The second kappa shape index (κ2) is 5.25. The first-order valence-corrected chi connectivity index (χ1v) is 5.54. The molecule has 2 heterocycles. The summed E-state index contributed by atoms with van der Waals surface area (Å²) in [5, 5.41) is 6.80. The highest BCUT2D eigenvalue weighted by Crippen LogP contribution is 2.01. The number of nitrogens with one attached hydrogen (secondary N) is 2. The molecule has 0 aromatic rings. The lowest BCUT2D eigenvalue weighted by molar-refractivity contribution is 0.192. The van der Waals surface area contributed by atoms with Gasteiger partial charge in [-0.1, -0.05) is 0 Å². The van der Waals surface area contributed by atoms with Crippen LogP contribution in [0.15, 0.2) is 16.9 Å². The molecule has 84 valence electrons. The highest BCUT2D eigenvalue weighted by Gasteiger charge is 2.18. The normalized spacial score (nSPS) is 34.9. The summed E-state index contributed by atoms with van der Waals surface area (Å²) in [7, 11) is 0. The zero-order chi connectivity index (χ0) is 10.5. The molecule has 1 atom stereocenters. The number of hydrogen-bond acceptors (Lipinski definition) is 5. The molecule has 2 rings (SSSR count). The Morgan fingerprint density at radius 3 is 2.93 bits per heavy atom. The lowest BCUT2D eigenvalue weighted by atomic mass is 10.3. The second-order valence-electron chi connectivity index (χ2n) is 3.88. The van der Waals surface area contributed by atoms with Gasteiger partial charge in [0.05, 0.1) is 6.17 Å². The lowest BCUT2D eigenvalue weighted by Gasteiger charge is -2.33. The van der Waals surface area contributed by atoms with Gasteiger partial charge in [0, 0.05) is 38.9 Å². The SMILES string of the molecule is NC1=C/CCNC(N2CCNCC2)/C=N\1. The Morgan fingerprint density at radius 2 is 2.13 bits per heavy atom. The number of piperazine rings is 1. The van der Waals surface area contributed by atoms with Gasteiger partial charge in [0.1, 0.15) is 5.82 Å². The van der Waals surface area contributed by atoms with E-state index in [1.165, 1.54) is 0 Å². The maximum absolute atomic E-state index is 5.70. The predicted molar refractivity (Wildman–Crippen MR) is 61.6 cm³/mol. The molecule has 0 amide bonds. The second-order valence-corrected chi connectivity index (χ2v) is 3.88. The maximum Gasteiger partial charge on any atom is 0.119 e. The smallest absolute Gasteiger partial charge is 0.119 e. The van der Waals surface area contributed by atoms with Gasteiger partial charge in [-0.3, -0.25) is 10.2 Å². The van der Waals surface area contributed by atoms with Crippen molar-refractivity contribution < 1.29 is 0 Å². The number of rotatable bonds is 1. The fourth-order valence-electron chi connectivity index (χ4n) is 1.90. The first-order valence-electron chi connectivity index (χ1n) is 5.54. The molecule has 1 fully saturated rings. The summed E-state index contributed by atoms with van der Waals surface area (Å²) in [6, 6.07) is 0. The van der Waals surface area contributed by atoms with Crippen molar-refractivity contribution in [3.8, 4) is 0 Å². The van der Waals surface area contributed by atoms with Crippen molar-refractivity contribution in [2.24, 2.45) is 10.7 Å². The van der Waals surface area contributed by atoms with E-state index in [2.05, 4.69) is 20.5 Å². The number of hydrogen-bond donors (Lipinski definition) is 3. The zero-order valence-corrected chi connectivity index (χ0v) is 8.95. The fourth-order valence-corrected chi connectivity index (χ4v) is 1.90. The summed E-state index contributed by atoms with van der Waals surface area (Å²) in [6.07, 6.45) is 5.05. The maximum atomic E-state index is 5.70. The van der Waals surface area contributed by atoms with E-state index in [1.807, 2.05) is 12.3 Å². The highest BCUT2D eigenvalue weighted by atomic mass is 15.3. The van der Waals surface area contributed by atoms with Crippen LogP contribution in [0.25, 0.3) is 0 Å². The molecule has 5 nitrogen and oxygen atoms in total. The van der Waals surface area contributed by atoms with Crippen LogP contribution in [0.1, 0.15) is 6.42 Å². The van der Waals surface area contributed by atoms with Crippen LogP contribution in [0, 0.1) is 0 Å². The van der Waals surface area contributed by atoms with Crippen LogP contribution in [-0.2, 0) is 0 Å². The Hall–Kier alpha value is -0.910. The van der Waals surface area contributed by atoms with E-state index in [4.69, 9.17) is 5.73 Å². The van der Waals surface area contributed by atoms with Crippen LogP contribution in [0.3, 0.4) is 0 Å². The summed E-state index contributed by atoms with van der Waals surface area (Å²) in [5.41, 5.74) is 5.70. The molecule has 0 aromatic carbocycles. The van der Waals surface area contributed by atoms with Crippen LogP contribution >= 0.6 is 0 Å². The van der Waals surface area contributed by atoms with Crippen molar-refractivity contribution in [3.05, 3.63) is 11.9 Å². The molecule has 0 aromatic heterocycles. The Bertz CT molecular complexity index is 255.